The van der Waals surface area contributed by atoms with E-state index in [1.54, 1.807) is 0 Å². The van der Waals surface area contributed by atoms with Gasteiger partial charge >= 0.3 is 0 Å². The minimum Gasteiger partial charge on any atom is -0.453 e. The van der Waals surface area contributed by atoms with Crippen molar-refractivity contribution in [3.05, 3.63) is 53.0 Å². The van der Waals surface area contributed by atoms with E-state index in [0.717, 1.165) is 51.7 Å². The van der Waals surface area contributed by atoms with Crippen LogP contribution in [0, 0.1) is 0 Å². The standard InChI is InChI=1S/C21H21BrN4O.2ClH/c1-26(2)11-5-10-23-20-16-9-8-15(22)13-17(16)24-21(25-20)19-12-14-6-3-4-7-18(14)27-19;;/h3-4,6-9,12-13H,5,10-11H2,1-2H3,(H,23,24,25);2*1H. The fourth-order valence-electron chi connectivity index (χ4n) is 3.04. The molecule has 0 saturated heterocycles. The fraction of sp³-hybridized carbons (Fsp3) is 0.238. The number of hydrogen-bond donors (Lipinski definition) is 1. The molecule has 0 unspecified atom stereocenters. The van der Waals surface area contributed by atoms with Crippen LogP contribution in [0.15, 0.2) is 57.4 Å². The van der Waals surface area contributed by atoms with Crippen molar-refractivity contribution in [3.8, 4) is 11.6 Å². The first-order valence-electron chi connectivity index (χ1n) is 8.95. The van der Waals surface area contributed by atoms with Gasteiger partial charge in [-0.25, -0.2) is 9.97 Å². The highest BCUT2D eigenvalue weighted by Gasteiger charge is 2.13. The van der Waals surface area contributed by atoms with Crippen molar-refractivity contribution in [2.45, 2.75) is 6.42 Å². The first-order valence-corrected chi connectivity index (χ1v) is 9.74. The maximum atomic E-state index is 5.97. The van der Waals surface area contributed by atoms with Crippen LogP contribution >= 0.6 is 40.7 Å². The topological polar surface area (TPSA) is 54.2 Å². The van der Waals surface area contributed by atoms with Crippen molar-refractivity contribution in [1.29, 1.82) is 0 Å². The van der Waals surface area contributed by atoms with Gasteiger partial charge in [0, 0.05) is 21.8 Å². The highest BCUT2D eigenvalue weighted by molar-refractivity contribution is 9.10. The third kappa shape index (κ3) is 5.39. The molecule has 4 aromatic rings. The molecule has 0 atom stereocenters. The summed E-state index contributed by atoms with van der Waals surface area (Å²) in [5.41, 5.74) is 1.72. The third-order valence-electron chi connectivity index (χ3n) is 4.38. The second kappa shape index (κ2) is 10.3. The second-order valence-corrected chi connectivity index (χ2v) is 7.71. The minimum atomic E-state index is 0. The van der Waals surface area contributed by atoms with E-state index in [1.165, 1.54) is 0 Å². The Labute approximate surface area is 190 Å². The molecule has 0 fully saturated rings. The van der Waals surface area contributed by atoms with Crippen LogP contribution in [-0.2, 0) is 0 Å². The lowest BCUT2D eigenvalue weighted by molar-refractivity contribution is 0.405. The smallest absolute Gasteiger partial charge is 0.198 e. The summed E-state index contributed by atoms with van der Waals surface area (Å²) >= 11 is 3.54. The predicted octanol–water partition coefficient (Wildman–Crippen LogP) is 6.01. The fourth-order valence-corrected chi connectivity index (χ4v) is 3.39. The van der Waals surface area contributed by atoms with Crippen molar-refractivity contribution in [2.75, 3.05) is 32.5 Å². The van der Waals surface area contributed by atoms with Crippen LogP contribution in [0.3, 0.4) is 0 Å². The quantitative estimate of drug-likeness (QED) is 0.330. The van der Waals surface area contributed by atoms with Crippen molar-refractivity contribution in [1.82, 2.24) is 14.9 Å². The Hall–Kier alpha value is -1.86. The molecule has 2 aromatic carbocycles. The Balaban J connectivity index is 0.00000150. The summed E-state index contributed by atoms with van der Waals surface area (Å²) in [6.07, 6.45) is 1.04. The maximum Gasteiger partial charge on any atom is 0.198 e. The summed E-state index contributed by atoms with van der Waals surface area (Å²) in [4.78, 5) is 11.7. The zero-order valence-electron chi connectivity index (χ0n) is 16.2. The number of aromatic nitrogens is 2. The Morgan fingerprint density at radius 1 is 1.03 bits per heavy atom. The molecule has 2 heterocycles. The monoisotopic (exact) mass is 496 g/mol. The van der Waals surface area contributed by atoms with Crippen molar-refractivity contribution in [2.24, 2.45) is 0 Å². The van der Waals surface area contributed by atoms with E-state index in [2.05, 4.69) is 40.2 Å². The normalized spacial score (nSPS) is 10.8. The van der Waals surface area contributed by atoms with E-state index in [1.807, 2.05) is 48.5 Å². The molecular weight excluding hydrogens is 475 g/mol. The van der Waals surface area contributed by atoms with E-state index in [-0.39, 0.29) is 24.8 Å². The largest absolute Gasteiger partial charge is 0.453 e. The summed E-state index contributed by atoms with van der Waals surface area (Å²) in [7, 11) is 4.16. The van der Waals surface area contributed by atoms with E-state index in [0.29, 0.717) is 11.6 Å². The van der Waals surface area contributed by atoms with Gasteiger partial charge in [0.2, 0.25) is 0 Å². The van der Waals surface area contributed by atoms with Crippen LogP contribution in [0.1, 0.15) is 6.42 Å². The van der Waals surface area contributed by atoms with E-state index in [9.17, 15) is 0 Å². The number of fused-ring (bicyclic) bond motifs is 2. The first kappa shape index (κ1) is 23.4. The average Bonchev–Trinajstić information content (AvgIpc) is 3.08. The van der Waals surface area contributed by atoms with Gasteiger partial charge in [0.15, 0.2) is 11.6 Å². The molecule has 0 radical (unpaired) electrons. The molecule has 8 heteroatoms. The van der Waals surface area contributed by atoms with E-state index < -0.39 is 0 Å². The average molecular weight is 498 g/mol. The van der Waals surface area contributed by atoms with Gasteiger partial charge in [-0.05, 0) is 57.4 Å². The maximum absolute atomic E-state index is 5.97. The van der Waals surface area contributed by atoms with Gasteiger partial charge in [0.1, 0.15) is 11.4 Å². The Bertz CT molecular complexity index is 1070. The summed E-state index contributed by atoms with van der Waals surface area (Å²) in [5, 5.41) is 5.52. The van der Waals surface area contributed by atoms with Crippen molar-refractivity contribution < 1.29 is 4.42 Å². The van der Waals surface area contributed by atoms with Crippen LogP contribution in [0.4, 0.5) is 5.82 Å². The molecule has 0 aliphatic rings. The molecule has 154 valence electrons. The van der Waals surface area contributed by atoms with Gasteiger partial charge in [0.05, 0.1) is 5.52 Å². The molecule has 0 spiro atoms. The number of nitrogens with one attached hydrogen (secondary N) is 1. The molecule has 0 aliphatic carbocycles. The number of nitrogens with zero attached hydrogens (tertiary/aromatic N) is 3. The first-order chi connectivity index (χ1) is 13.1. The molecular formula is C21H23BrCl2N4O. The summed E-state index contributed by atoms with van der Waals surface area (Å²) in [6, 6.07) is 16.0. The van der Waals surface area contributed by atoms with Crippen LogP contribution < -0.4 is 5.32 Å². The Morgan fingerprint density at radius 2 is 1.83 bits per heavy atom. The van der Waals surface area contributed by atoms with Gasteiger partial charge in [-0.1, -0.05) is 34.1 Å². The lowest BCUT2D eigenvalue weighted by Crippen LogP contribution is -2.16. The molecule has 0 saturated carbocycles. The van der Waals surface area contributed by atoms with Gasteiger partial charge < -0.3 is 14.6 Å². The van der Waals surface area contributed by atoms with E-state index in [4.69, 9.17) is 14.4 Å². The summed E-state index contributed by atoms with van der Waals surface area (Å²) in [6.45, 7) is 1.87. The lowest BCUT2D eigenvalue weighted by Gasteiger charge is -2.12. The van der Waals surface area contributed by atoms with Gasteiger partial charge in [0.25, 0.3) is 0 Å². The van der Waals surface area contributed by atoms with Crippen LogP contribution in [-0.4, -0.2) is 42.1 Å². The number of hydrogen-bond acceptors (Lipinski definition) is 5. The molecule has 0 aliphatic heterocycles. The zero-order chi connectivity index (χ0) is 18.8. The SMILES string of the molecule is CN(C)CCCNc1nc(-c2cc3ccccc3o2)nc2cc(Br)ccc12.Cl.Cl. The van der Waals surface area contributed by atoms with Crippen molar-refractivity contribution in [3.63, 3.8) is 0 Å². The second-order valence-electron chi connectivity index (χ2n) is 6.79. The van der Waals surface area contributed by atoms with Gasteiger partial charge in [-0.15, -0.1) is 24.8 Å². The number of benzene rings is 2. The predicted molar refractivity (Wildman–Crippen MR) is 129 cm³/mol. The molecule has 0 amide bonds. The number of halogens is 3. The molecule has 0 bridgehead atoms. The summed E-state index contributed by atoms with van der Waals surface area (Å²) < 4.78 is 6.96. The Morgan fingerprint density at radius 3 is 2.59 bits per heavy atom. The van der Waals surface area contributed by atoms with Gasteiger partial charge in [-0.2, -0.15) is 0 Å². The number of para-hydroxylation sites is 1. The van der Waals surface area contributed by atoms with Crippen LogP contribution in [0.2, 0.25) is 0 Å². The number of furan rings is 1. The third-order valence-corrected chi connectivity index (χ3v) is 4.87. The summed E-state index contributed by atoms with van der Waals surface area (Å²) in [5.74, 6) is 2.10. The zero-order valence-corrected chi connectivity index (χ0v) is 19.4. The van der Waals surface area contributed by atoms with Gasteiger partial charge in [-0.3, -0.25) is 0 Å². The van der Waals surface area contributed by atoms with E-state index >= 15 is 0 Å². The molecule has 1 N–H and O–H groups in total. The highest BCUT2D eigenvalue weighted by atomic mass is 79.9. The van der Waals surface area contributed by atoms with Crippen LogP contribution in [0.5, 0.6) is 0 Å². The number of anilines is 1. The molecule has 5 nitrogen and oxygen atoms in total. The molecule has 2 aromatic heterocycles. The lowest BCUT2D eigenvalue weighted by atomic mass is 10.2. The highest BCUT2D eigenvalue weighted by Crippen LogP contribution is 2.30. The Kier molecular flexibility index (Phi) is 8.28. The van der Waals surface area contributed by atoms with Crippen LogP contribution in [0.25, 0.3) is 33.5 Å². The van der Waals surface area contributed by atoms with Crippen molar-refractivity contribution >= 4 is 68.4 Å². The minimum absolute atomic E-state index is 0. The number of rotatable bonds is 6. The molecule has 4 rings (SSSR count). The molecule has 29 heavy (non-hydrogen) atoms.